The SMILES string of the molecule is CN(Cc1cc(N)ccc1Cl)C(=O)Cc1ccc(Cl)cc1. The van der Waals surface area contributed by atoms with Crippen LogP contribution >= 0.6 is 23.2 Å². The number of hydrogen-bond acceptors (Lipinski definition) is 2. The molecule has 0 heterocycles. The molecule has 2 aromatic rings. The zero-order chi connectivity index (χ0) is 15.4. The summed E-state index contributed by atoms with van der Waals surface area (Å²) in [4.78, 5) is 13.9. The number of amides is 1. The maximum atomic E-state index is 12.2. The van der Waals surface area contributed by atoms with Crippen LogP contribution in [0.15, 0.2) is 42.5 Å². The highest BCUT2D eigenvalue weighted by molar-refractivity contribution is 6.31. The van der Waals surface area contributed by atoms with Gasteiger partial charge in [-0.1, -0.05) is 35.3 Å². The molecule has 0 aliphatic rings. The van der Waals surface area contributed by atoms with Crippen LogP contribution in [-0.2, 0) is 17.8 Å². The van der Waals surface area contributed by atoms with Gasteiger partial charge in [-0.15, -0.1) is 0 Å². The minimum atomic E-state index is 0.0100. The van der Waals surface area contributed by atoms with Gasteiger partial charge in [-0.3, -0.25) is 4.79 Å². The van der Waals surface area contributed by atoms with Crippen LogP contribution in [0.25, 0.3) is 0 Å². The molecule has 0 aromatic heterocycles. The molecule has 0 bridgehead atoms. The summed E-state index contributed by atoms with van der Waals surface area (Å²) in [6.45, 7) is 0.427. The standard InChI is InChI=1S/C16H16Cl2N2O/c1-20(10-12-9-14(19)6-7-15(12)18)16(21)8-11-2-4-13(17)5-3-11/h2-7,9H,8,10,19H2,1H3. The first-order valence-electron chi connectivity index (χ1n) is 6.48. The Balaban J connectivity index is 2.02. The van der Waals surface area contributed by atoms with E-state index < -0.39 is 0 Å². The Morgan fingerprint density at radius 3 is 2.48 bits per heavy atom. The van der Waals surface area contributed by atoms with E-state index in [0.717, 1.165) is 11.1 Å². The molecule has 0 spiro atoms. The zero-order valence-corrected chi connectivity index (χ0v) is 13.2. The Kier molecular flexibility index (Phi) is 5.10. The van der Waals surface area contributed by atoms with Crippen molar-refractivity contribution >= 4 is 34.8 Å². The monoisotopic (exact) mass is 322 g/mol. The van der Waals surface area contributed by atoms with E-state index in [1.807, 2.05) is 12.1 Å². The molecule has 110 valence electrons. The lowest BCUT2D eigenvalue weighted by atomic mass is 10.1. The summed E-state index contributed by atoms with van der Waals surface area (Å²) < 4.78 is 0. The highest BCUT2D eigenvalue weighted by atomic mass is 35.5. The Morgan fingerprint density at radius 2 is 1.81 bits per heavy atom. The van der Waals surface area contributed by atoms with Gasteiger partial charge in [0, 0.05) is 29.3 Å². The first-order valence-corrected chi connectivity index (χ1v) is 7.23. The largest absolute Gasteiger partial charge is 0.399 e. The Bertz CT molecular complexity index is 641. The van der Waals surface area contributed by atoms with Gasteiger partial charge in [0.2, 0.25) is 5.91 Å². The Labute approximate surface area is 134 Å². The van der Waals surface area contributed by atoms with Crippen molar-refractivity contribution in [2.24, 2.45) is 0 Å². The van der Waals surface area contributed by atoms with E-state index in [9.17, 15) is 4.79 Å². The number of benzene rings is 2. The van der Waals surface area contributed by atoms with Crippen molar-refractivity contribution in [3.63, 3.8) is 0 Å². The number of carbonyl (C=O) groups excluding carboxylic acids is 1. The first-order chi connectivity index (χ1) is 9.95. The molecule has 0 unspecified atom stereocenters. The molecule has 0 aliphatic carbocycles. The highest BCUT2D eigenvalue weighted by Crippen LogP contribution is 2.20. The minimum Gasteiger partial charge on any atom is -0.399 e. The lowest BCUT2D eigenvalue weighted by Gasteiger charge is -2.18. The van der Waals surface area contributed by atoms with Crippen molar-refractivity contribution in [3.05, 3.63) is 63.6 Å². The zero-order valence-electron chi connectivity index (χ0n) is 11.6. The average molecular weight is 323 g/mol. The number of likely N-dealkylation sites (N-methyl/N-ethyl adjacent to an activating group) is 1. The number of halogens is 2. The van der Waals surface area contributed by atoms with Crippen LogP contribution in [0.3, 0.4) is 0 Å². The van der Waals surface area contributed by atoms with Gasteiger partial charge < -0.3 is 10.6 Å². The molecule has 1 amide bonds. The number of hydrogen-bond donors (Lipinski definition) is 1. The van der Waals surface area contributed by atoms with Crippen LogP contribution in [0.5, 0.6) is 0 Å². The van der Waals surface area contributed by atoms with Crippen LogP contribution in [0, 0.1) is 0 Å². The lowest BCUT2D eigenvalue weighted by Crippen LogP contribution is -2.27. The van der Waals surface area contributed by atoms with Crippen molar-refractivity contribution in [1.82, 2.24) is 4.90 Å². The fraction of sp³-hybridized carbons (Fsp3) is 0.188. The third-order valence-corrected chi connectivity index (χ3v) is 3.79. The number of nitrogens with two attached hydrogens (primary N) is 1. The Hall–Kier alpha value is -1.71. The molecule has 21 heavy (non-hydrogen) atoms. The molecule has 2 rings (SSSR count). The second-order valence-electron chi connectivity index (χ2n) is 4.90. The molecule has 2 aromatic carbocycles. The van der Waals surface area contributed by atoms with Crippen molar-refractivity contribution < 1.29 is 4.79 Å². The van der Waals surface area contributed by atoms with Gasteiger partial charge in [-0.05, 0) is 41.5 Å². The molecule has 5 heteroatoms. The predicted molar refractivity (Wildman–Crippen MR) is 87.5 cm³/mol. The summed E-state index contributed by atoms with van der Waals surface area (Å²) in [5.41, 5.74) is 8.14. The number of nitrogen functional groups attached to an aromatic ring is 1. The van der Waals surface area contributed by atoms with Gasteiger partial charge in [0.15, 0.2) is 0 Å². The number of carbonyl (C=O) groups is 1. The van der Waals surface area contributed by atoms with E-state index in [0.29, 0.717) is 28.7 Å². The fourth-order valence-corrected chi connectivity index (χ4v) is 2.27. The minimum absolute atomic E-state index is 0.0100. The summed E-state index contributed by atoms with van der Waals surface area (Å²) in [5.74, 6) is 0.0100. The number of anilines is 1. The van der Waals surface area contributed by atoms with Gasteiger partial charge in [0.05, 0.1) is 6.42 Å². The third kappa shape index (κ3) is 4.38. The van der Waals surface area contributed by atoms with Crippen molar-refractivity contribution in [1.29, 1.82) is 0 Å². The normalized spacial score (nSPS) is 10.4. The quantitative estimate of drug-likeness (QED) is 0.871. The van der Waals surface area contributed by atoms with Crippen molar-refractivity contribution in [2.75, 3.05) is 12.8 Å². The van der Waals surface area contributed by atoms with Gasteiger partial charge >= 0.3 is 0 Å². The van der Waals surface area contributed by atoms with Crippen LogP contribution < -0.4 is 5.73 Å². The molecule has 0 radical (unpaired) electrons. The second-order valence-corrected chi connectivity index (χ2v) is 5.75. The molecule has 0 atom stereocenters. The van der Waals surface area contributed by atoms with Gasteiger partial charge in [-0.2, -0.15) is 0 Å². The summed E-state index contributed by atoms with van der Waals surface area (Å²) in [7, 11) is 1.75. The summed E-state index contributed by atoms with van der Waals surface area (Å²) in [6.07, 6.45) is 0.327. The van der Waals surface area contributed by atoms with E-state index >= 15 is 0 Å². The van der Waals surface area contributed by atoms with E-state index in [1.54, 1.807) is 42.3 Å². The molecular formula is C16H16Cl2N2O. The molecule has 0 saturated carbocycles. The molecule has 2 N–H and O–H groups in total. The maximum Gasteiger partial charge on any atom is 0.227 e. The average Bonchev–Trinajstić information content (AvgIpc) is 2.45. The number of nitrogens with zero attached hydrogens (tertiary/aromatic N) is 1. The fourth-order valence-electron chi connectivity index (χ4n) is 1.97. The van der Waals surface area contributed by atoms with Crippen LogP contribution in [-0.4, -0.2) is 17.9 Å². The smallest absolute Gasteiger partial charge is 0.227 e. The number of rotatable bonds is 4. The van der Waals surface area contributed by atoms with Gasteiger partial charge in [-0.25, -0.2) is 0 Å². The highest BCUT2D eigenvalue weighted by Gasteiger charge is 2.12. The van der Waals surface area contributed by atoms with E-state index in [4.69, 9.17) is 28.9 Å². The summed E-state index contributed by atoms with van der Waals surface area (Å²) >= 11 is 11.9. The molecule has 0 saturated heterocycles. The Morgan fingerprint density at radius 1 is 1.14 bits per heavy atom. The van der Waals surface area contributed by atoms with Crippen molar-refractivity contribution in [3.8, 4) is 0 Å². The van der Waals surface area contributed by atoms with E-state index in [-0.39, 0.29) is 5.91 Å². The predicted octanol–water partition coefficient (Wildman–Crippen LogP) is 3.78. The lowest BCUT2D eigenvalue weighted by molar-refractivity contribution is -0.129. The van der Waals surface area contributed by atoms with Crippen LogP contribution in [0.1, 0.15) is 11.1 Å². The van der Waals surface area contributed by atoms with E-state index in [1.165, 1.54) is 0 Å². The van der Waals surface area contributed by atoms with Crippen LogP contribution in [0.2, 0.25) is 10.0 Å². The summed E-state index contributed by atoms with van der Waals surface area (Å²) in [6, 6.07) is 12.5. The maximum absolute atomic E-state index is 12.2. The molecule has 3 nitrogen and oxygen atoms in total. The summed E-state index contributed by atoms with van der Waals surface area (Å²) in [5, 5.41) is 1.27. The van der Waals surface area contributed by atoms with Gasteiger partial charge in [0.25, 0.3) is 0 Å². The van der Waals surface area contributed by atoms with Gasteiger partial charge in [0.1, 0.15) is 0 Å². The van der Waals surface area contributed by atoms with E-state index in [2.05, 4.69) is 0 Å². The second kappa shape index (κ2) is 6.83. The first kappa shape index (κ1) is 15.7. The van der Waals surface area contributed by atoms with Crippen LogP contribution in [0.4, 0.5) is 5.69 Å². The molecular weight excluding hydrogens is 307 g/mol. The van der Waals surface area contributed by atoms with Crippen molar-refractivity contribution in [2.45, 2.75) is 13.0 Å². The third-order valence-electron chi connectivity index (χ3n) is 3.17. The molecule has 0 fully saturated rings. The molecule has 0 aliphatic heterocycles. The topological polar surface area (TPSA) is 46.3 Å².